The lowest BCUT2D eigenvalue weighted by molar-refractivity contribution is 0.532. The summed E-state index contributed by atoms with van der Waals surface area (Å²) in [5.74, 6) is 0.673. The van der Waals surface area contributed by atoms with Crippen molar-refractivity contribution in [3.8, 4) is 0 Å². The molecular weight excluding hydrogens is 476 g/mol. The zero-order valence-electron chi connectivity index (χ0n) is 21.8. The van der Waals surface area contributed by atoms with Crippen molar-refractivity contribution >= 4 is 22.8 Å². The third-order valence-corrected chi connectivity index (χ3v) is 7.13. The SMILES string of the molecule is CCN(CC1CCCC1)c1nc2c(cc1CN(Cc1cc(F)cc(F)c1)c1nnn(C)n1)c(C)nn2C. The van der Waals surface area contributed by atoms with Crippen LogP contribution in [0.1, 0.15) is 49.4 Å². The molecule has 0 amide bonds. The third-order valence-electron chi connectivity index (χ3n) is 7.13. The van der Waals surface area contributed by atoms with Crippen LogP contribution in [-0.2, 0) is 27.2 Å². The number of hydrogen-bond donors (Lipinski definition) is 0. The molecule has 196 valence electrons. The number of anilines is 2. The molecule has 37 heavy (non-hydrogen) atoms. The van der Waals surface area contributed by atoms with Gasteiger partial charge >= 0.3 is 0 Å². The van der Waals surface area contributed by atoms with Gasteiger partial charge in [0.15, 0.2) is 5.65 Å². The van der Waals surface area contributed by atoms with E-state index in [0.29, 0.717) is 24.0 Å². The fourth-order valence-electron chi connectivity index (χ4n) is 5.36. The summed E-state index contributed by atoms with van der Waals surface area (Å²) in [4.78, 5) is 10.7. The van der Waals surface area contributed by atoms with Gasteiger partial charge < -0.3 is 9.80 Å². The second-order valence-corrected chi connectivity index (χ2v) is 9.95. The van der Waals surface area contributed by atoms with E-state index in [2.05, 4.69) is 38.4 Å². The lowest BCUT2D eigenvalue weighted by Gasteiger charge is -2.29. The van der Waals surface area contributed by atoms with Crippen molar-refractivity contribution in [3.05, 3.63) is 52.7 Å². The average molecular weight is 510 g/mol. The van der Waals surface area contributed by atoms with Crippen molar-refractivity contribution in [1.29, 1.82) is 0 Å². The maximum Gasteiger partial charge on any atom is 0.266 e. The number of halogens is 2. The predicted octanol–water partition coefficient (Wildman–Crippen LogP) is 4.30. The fraction of sp³-hybridized carbons (Fsp3) is 0.500. The van der Waals surface area contributed by atoms with E-state index < -0.39 is 11.6 Å². The highest BCUT2D eigenvalue weighted by Gasteiger charge is 2.24. The van der Waals surface area contributed by atoms with Crippen LogP contribution in [0.4, 0.5) is 20.5 Å². The standard InChI is InChI=1S/C26H33F2N9/c1-5-36(14-18-8-6-7-9-18)24-20(12-23-17(2)31-34(3)25(23)29-24)16-37(26-30-33-35(4)32-26)15-19-10-21(27)13-22(28)11-19/h10-13,18H,5-9,14-16H2,1-4H3. The zero-order valence-corrected chi connectivity index (χ0v) is 21.8. The molecule has 11 heteroatoms. The van der Waals surface area contributed by atoms with Gasteiger partial charge in [0.1, 0.15) is 17.5 Å². The van der Waals surface area contributed by atoms with Gasteiger partial charge in [0, 0.05) is 50.2 Å². The van der Waals surface area contributed by atoms with Crippen LogP contribution in [0, 0.1) is 24.5 Å². The molecule has 0 unspecified atom stereocenters. The molecule has 3 aromatic heterocycles. The molecule has 0 aliphatic heterocycles. The maximum atomic E-state index is 14.0. The molecule has 3 heterocycles. The third kappa shape index (κ3) is 5.40. The Kier molecular flexibility index (Phi) is 7.03. The van der Waals surface area contributed by atoms with Crippen LogP contribution in [0.3, 0.4) is 0 Å². The Hall–Kier alpha value is -3.63. The number of pyridine rings is 1. The lowest BCUT2D eigenvalue weighted by atomic mass is 10.1. The largest absolute Gasteiger partial charge is 0.356 e. The first-order valence-corrected chi connectivity index (χ1v) is 12.8. The van der Waals surface area contributed by atoms with Crippen LogP contribution < -0.4 is 9.80 Å². The first kappa shape index (κ1) is 25.0. The smallest absolute Gasteiger partial charge is 0.266 e. The molecule has 0 saturated heterocycles. The number of rotatable bonds is 9. The van der Waals surface area contributed by atoms with Gasteiger partial charge in [0.2, 0.25) is 0 Å². The summed E-state index contributed by atoms with van der Waals surface area (Å²) in [6, 6.07) is 5.67. The average Bonchev–Trinajstić information content (AvgIpc) is 3.58. The van der Waals surface area contributed by atoms with Crippen LogP contribution in [0.5, 0.6) is 0 Å². The van der Waals surface area contributed by atoms with Crippen LogP contribution in [0.15, 0.2) is 24.3 Å². The van der Waals surface area contributed by atoms with E-state index in [1.165, 1.54) is 42.6 Å². The maximum absolute atomic E-state index is 14.0. The number of tetrazole rings is 1. The van der Waals surface area contributed by atoms with Crippen molar-refractivity contribution < 1.29 is 8.78 Å². The first-order chi connectivity index (χ1) is 17.8. The van der Waals surface area contributed by atoms with Crippen molar-refractivity contribution in [3.63, 3.8) is 0 Å². The van der Waals surface area contributed by atoms with Gasteiger partial charge in [-0.1, -0.05) is 17.9 Å². The van der Waals surface area contributed by atoms with Crippen molar-refractivity contribution in [2.75, 3.05) is 22.9 Å². The van der Waals surface area contributed by atoms with E-state index in [4.69, 9.17) is 4.98 Å². The topological polar surface area (TPSA) is 80.8 Å². The van der Waals surface area contributed by atoms with Gasteiger partial charge in [-0.2, -0.15) is 9.90 Å². The zero-order chi connectivity index (χ0) is 26.1. The lowest BCUT2D eigenvalue weighted by Crippen LogP contribution is -2.32. The molecule has 1 aliphatic carbocycles. The Morgan fingerprint density at radius 1 is 0.973 bits per heavy atom. The molecule has 5 rings (SSSR count). The highest BCUT2D eigenvalue weighted by atomic mass is 19.1. The van der Waals surface area contributed by atoms with Gasteiger partial charge in [-0.05, 0) is 61.6 Å². The number of aromatic nitrogens is 7. The highest BCUT2D eigenvalue weighted by Crippen LogP contribution is 2.31. The van der Waals surface area contributed by atoms with Crippen LogP contribution in [-0.4, -0.2) is 48.1 Å². The minimum atomic E-state index is -0.620. The number of fused-ring (bicyclic) bond motifs is 1. The molecule has 0 spiro atoms. The highest BCUT2D eigenvalue weighted by molar-refractivity contribution is 5.81. The molecule has 1 saturated carbocycles. The second-order valence-electron chi connectivity index (χ2n) is 9.95. The molecule has 0 atom stereocenters. The molecule has 0 bridgehead atoms. The number of hydrogen-bond acceptors (Lipinski definition) is 7. The summed E-state index contributed by atoms with van der Waals surface area (Å²) in [7, 11) is 3.60. The summed E-state index contributed by atoms with van der Waals surface area (Å²) in [5, 5.41) is 18.2. The van der Waals surface area contributed by atoms with Crippen molar-refractivity contribution in [2.24, 2.45) is 20.0 Å². The fourth-order valence-corrected chi connectivity index (χ4v) is 5.36. The minimum Gasteiger partial charge on any atom is -0.356 e. The Bertz CT molecular complexity index is 1370. The summed E-state index contributed by atoms with van der Waals surface area (Å²) < 4.78 is 29.8. The second kappa shape index (κ2) is 10.4. The number of aryl methyl sites for hydroxylation is 3. The molecule has 0 N–H and O–H groups in total. The van der Waals surface area contributed by atoms with Gasteiger partial charge in [0.05, 0.1) is 12.7 Å². The molecule has 1 aromatic carbocycles. The Morgan fingerprint density at radius 2 is 1.70 bits per heavy atom. The molecule has 9 nitrogen and oxygen atoms in total. The predicted molar refractivity (Wildman–Crippen MR) is 138 cm³/mol. The minimum absolute atomic E-state index is 0.207. The number of benzene rings is 1. The van der Waals surface area contributed by atoms with Crippen molar-refractivity contribution in [2.45, 2.75) is 52.6 Å². The molecule has 1 fully saturated rings. The summed E-state index contributed by atoms with van der Waals surface area (Å²) in [6.07, 6.45) is 5.02. The van der Waals surface area contributed by atoms with Crippen LogP contribution in [0.25, 0.3) is 11.0 Å². The summed E-state index contributed by atoms with van der Waals surface area (Å²) >= 11 is 0. The van der Waals surface area contributed by atoms with E-state index in [1.54, 1.807) is 7.05 Å². The summed E-state index contributed by atoms with van der Waals surface area (Å²) in [5.41, 5.74) is 3.19. The van der Waals surface area contributed by atoms with E-state index in [-0.39, 0.29) is 6.54 Å². The van der Waals surface area contributed by atoms with E-state index in [1.807, 2.05) is 23.6 Å². The van der Waals surface area contributed by atoms with E-state index in [9.17, 15) is 8.78 Å². The Morgan fingerprint density at radius 3 is 2.35 bits per heavy atom. The van der Waals surface area contributed by atoms with Crippen molar-refractivity contribution in [1.82, 2.24) is 35.0 Å². The Labute approximate surface area is 215 Å². The quantitative estimate of drug-likeness (QED) is 0.333. The molecule has 4 aromatic rings. The molecule has 0 radical (unpaired) electrons. The first-order valence-electron chi connectivity index (χ1n) is 12.8. The Balaban J connectivity index is 1.57. The van der Waals surface area contributed by atoms with E-state index in [0.717, 1.165) is 47.3 Å². The van der Waals surface area contributed by atoms with Gasteiger partial charge in [-0.25, -0.2) is 13.8 Å². The normalized spacial score (nSPS) is 14.1. The van der Waals surface area contributed by atoms with Gasteiger partial charge in [-0.3, -0.25) is 4.68 Å². The van der Waals surface area contributed by atoms with Crippen LogP contribution in [0.2, 0.25) is 0 Å². The van der Waals surface area contributed by atoms with Gasteiger partial charge in [-0.15, -0.1) is 5.10 Å². The summed E-state index contributed by atoms with van der Waals surface area (Å²) in [6.45, 7) is 6.47. The van der Waals surface area contributed by atoms with Gasteiger partial charge in [0.25, 0.3) is 5.95 Å². The molecule has 1 aliphatic rings. The monoisotopic (exact) mass is 509 g/mol. The van der Waals surface area contributed by atoms with Crippen LogP contribution >= 0.6 is 0 Å². The molecular formula is C26H33F2N9. The van der Waals surface area contributed by atoms with E-state index >= 15 is 0 Å². The number of nitrogens with zero attached hydrogens (tertiary/aromatic N) is 9.